The molecule has 0 atom stereocenters. The van der Waals surface area contributed by atoms with Gasteiger partial charge in [-0.25, -0.2) is 13.4 Å². The van der Waals surface area contributed by atoms with Gasteiger partial charge in [-0.1, -0.05) is 6.07 Å². The average Bonchev–Trinajstić information content (AvgIpc) is 3.09. The van der Waals surface area contributed by atoms with Crippen LogP contribution in [0.4, 0.5) is 24.7 Å². The maximum absolute atomic E-state index is 13.1. The molecule has 8 nitrogen and oxygen atoms in total. The van der Waals surface area contributed by atoms with Gasteiger partial charge in [0.15, 0.2) is 9.84 Å². The summed E-state index contributed by atoms with van der Waals surface area (Å²) in [4.78, 5) is 18.8. The van der Waals surface area contributed by atoms with E-state index in [1.165, 1.54) is 29.3 Å². The number of anilines is 2. The summed E-state index contributed by atoms with van der Waals surface area (Å²) in [5.41, 5.74) is 1.21. The van der Waals surface area contributed by atoms with Crippen LogP contribution in [0.5, 0.6) is 5.75 Å². The number of rotatable bonds is 4. The van der Waals surface area contributed by atoms with E-state index in [4.69, 9.17) is 0 Å². The summed E-state index contributed by atoms with van der Waals surface area (Å²) in [5.74, 6) is -0.524. The van der Waals surface area contributed by atoms with Gasteiger partial charge in [0.1, 0.15) is 11.6 Å². The van der Waals surface area contributed by atoms with Crippen LogP contribution in [-0.4, -0.2) is 59.7 Å². The van der Waals surface area contributed by atoms with Crippen LogP contribution < -0.4 is 10.1 Å². The zero-order chi connectivity index (χ0) is 23.1. The Morgan fingerprint density at radius 1 is 1.19 bits per heavy atom. The molecule has 0 spiro atoms. The zero-order valence-electron chi connectivity index (χ0n) is 16.9. The smallest absolute Gasteiger partial charge is 0.406 e. The normalized spacial score (nSPS) is 16.2. The Hall–Kier alpha value is -3.28. The number of hydrogen-bond donors (Lipinski definition) is 1. The van der Waals surface area contributed by atoms with Crippen molar-refractivity contribution in [1.82, 2.24) is 14.5 Å². The number of pyridine rings is 1. The SMILES string of the molecule is Cn1ccc2c(Nc3cccc(OC(F)(F)F)c3)ncc(C(=O)N3CCS(=O)(=O)CC3)c21. The Labute approximate surface area is 181 Å². The molecular formula is C20H19F3N4O4S. The topological polar surface area (TPSA) is 93.5 Å². The number of amides is 1. The lowest BCUT2D eigenvalue weighted by atomic mass is 10.1. The van der Waals surface area contributed by atoms with E-state index in [1.54, 1.807) is 29.9 Å². The van der Waals surface area contributed by atoms with Gasteiger partial charge in [0, 0.05) is 49.7 Å². The number of hydrogen-bond acceptors (Lipinski definition) is 6. The van der Waals surface area contributed by atoms with Crippen LogP contribution in [0, 0.1) is 0 Å². The maximum Gasteiger partial charge on any atom is 0.573 e. The Balaban J connectivity index is 1.64. The van der Waals surface area contributed by atoms with E-state index >= 15 is 0 Å². The Kier molecular flexibility index (Phi) is 5.49. The molecule has 1 aromatic carbocycles. The first-order chi connectivity index (χ1) is 15.0. The predicted octanol–water partition coefficient (Wildman–Crippen LogP) is 3.09. The highest BCUT2D eigenvalue weighted by Gasteiger charge is 2.31. The van der Waals surface area contributed by atoms with Crippen molar-refractivity contribution in [2.24, 2.45) is 7.05 Å². The van der Waals surface area contributed by atoms with Crippen molar-refractivity contribution in [3.8, 4) is 5.75 Å². The first-order valence-corrected chi connectivity index (χ1v) is 11.4. The molecule has 0 bridgehead atoms. The number of sulfone groups is 1. The van der Waals surface area contributed by atoms with Crippen LogP contribution in [0.15, 0.2) is 42.7 Å². The minimum atomic E-state index is -4.81. The molecule has 2 aromatic heterocycles. The number of carbonyl (C=O) groups excluding carboxylic acids is 1. The van der Waals surface area contributed by atoms with Gasteiger partial charge in [0.05, 0.1) is 22.6 Å². The van der Waals surface area contributed by atoms with Crippen molar-refractivity contribution in [3.63, 3.8) is 0 Å². The summed E-state index contributed by atoms with van der Waals surface area (Å²) >= 11 is 0. The zero-order valence-corrected chi connectivity index (χ0v) is 17.7. The minimum absolute atomic E-state index is 0.0849. The summed E-state index contributed by atoms with van der Waals surface area (Å²) in [5, 5.41) is 3.55. The number of ether oxygens (including phenoxy) is 1. The van der Waals surface area contributed by atoms with Crippen LogP contribution in [0.25, 0.3) is 10.9 Å². The summed E-state index contributed by atoms with van der Waals surface area (Å²) in [7, 11) is -1.38. The maximum atomic E-state index is 13.1. The van der Waals surface area contributed by atoms with Gasteiger partial charge in [-0.2, -0.15) is 0 Å². The van der Waals surface area contributed by atoms with E-state index in [0.29, 0.717) is 28.0 Å². The minimum Gasteiger partial charge on any atom is -0.406 e. The van der Waals surface area contributed by atoms with Crippen molar-refractivity contribution >= 4 is 38.2 Å². The lowest BCUT2D eigenvalue weighted by Crippen LogP contribution is -2.43. The van der Waals surface area contributed by atoms with E-state index in [-0.39, 0.29) is 36.3 Å². The fourth-order valence-corrected chi connectivity index (χ4v) is 4.77. The number of alkyl halides is 3. The quantitative estimate of drug-likeness (QED) is 0.633. The summed E-state index contributed by atoms with van der Waals surface area (Å²) < 4.78 is 66.5. The van der Waals surface area contributed by atoms with Crippen molar-refractivity contribution in [2.75, 3.05) is 29.9 Å². The first kappa shape index (κ1) is 21.9. The van der Waals surface area contributed by atoms with Gasteiger partial charge in [0.25, 0.3) is 5.91 Å². The van der Waals surface area contributed by atoms with E-state index < -0.39 is 16.2 Å². The molecule has 4 rings (SSSR count). The van der Waals surface area contributed by atoms with Gasteiger partial charge in [-0.05, 0) is 18.2 Å². The Morgan fingerprint density at radius 3 is 2.59 bits per heavy atom. The monoisotopic (exact) mass is 468 g/mol. The summed E-state index contributed by atoms with van der Waals surface area (Å²) in [6, 6.07) is 7.08. The van der Waals surface area contributed by atoms with Gasteiger partial charge >= 0.3 is 6.36 Å². The Morgan fingerprint density at radius 2 is 1.91 bits per heavy atom. The average molecular weight is 468 g/mol. The third kappa shape index (κ3) is 4.64. The molecule has 12 heteroatoms. The Bertz CT molecular complexity index is 1270. The van der Waals surface area contributed by atoms with Gasteiger partial charge in [0.2, 0.25) is 0 Å². The van der Waals surface area contributed by atoms with Crippen molar-refractivity contribution in [1.29, 1.82) is 0 Å². The number of carbonyl (C=O) groups is 1. The van der Waals surface area contributed by atoms with Crippen LogP contribution in [0.1, 0.15) is 10.4 Å². The fourth-order valence-electron chi connectivity index (χ4n) is 3.57. The lowest BCUT2D eigenvalue weighted by molar-refractivity contribution is -0.274. The molecule has 170 valence electrons. The van der Waals surface area contributed by atoms with E-state index in [2.05, 4.69) is 15.0 Å². The largest absolute Gasteiger partial charge is 0.573 e. The second kappa shape index (κ2) is 8.01. The second-order valence-corrected chi connectivity index (χ2v) is 9.66. The number of benzene rings is 1. The molecule has 0 aliphatic carbocycles. The highest BCUT2D eigenvalue weighted by atomic mass is 32.2. The highest BCUT2D eigenvalue weighted by Crippen LogP contribution is 2.31. The first-order valence-electron chi connectivity index (χ1n) is 9.59. The molecule has 1 amide bonds. The third-order valence-electron chi connectivity index (χ3n) is 5.10. The van der Waals surface area contributed by atoms with E-state index in [0.717, 1.165) is 0 Å². The molecule has 1 aliphatic rings. The molecule has 0 saturated carbocycles. The van der Waals surface area contributed by atoms with E-state index in [1.807, 2.05) is 0 Å². The van der Waals surface area contributed by atoms with Crippen molar-refractivity contribution < 1.29 is 31.1 Å². The molecule has 1 N–H and O–H groups in total. The summed E-state index contributed by atoms with van der Waals surface area (Å²) in [6.07, 6.45) is -1.69. The van der Waals surface area contributed by atoms with Crippen molar-refractivity contribution in [2.45, 2.75) is 6.36 Å². The molecule has 1 aliphatic heterocycles. The number of aryl methyl sites for hydroxylation is 1. The standard InChI is InChI=1S/C20H19F3N4O4S/c1-26-6-5-15-17(26)16(19(28)27-7-9-32(29,30)10-8-27)12-24-18(15)25-13-3-2-4-14(11-13)31-20(21,22)23/h2-6,11-12H,7-10H2,1H3,(H,24,25). The molecule has 3 aromatic rings. The molecule has 1 saturated heterocycles. The number of aromatic nitrogens is 2. The van der Waals surface area contributed by atoms with Crippen LogP contribution >= 0.6 is 0 Å². The molecule has 0 radical (unpaired) electrons. The van der Waals surface area contributed by atoms with Crippen molar-refractivity contribution in [3.05, 3.63) is 48.3 Å². The van der Waals surface area contributed by atoms with Crippen LogP contribution in [0.2, 0.25) is 0 Å². The van der Waals surface area contributed by atoms with Gasteiger partial charge in [-0.3, -0.25) is 4.79 Å². The van der Waals surface area contributed by atoms with Gasteiger partial charge in [-0.15, -0.1) is 13.2 Å². The highest BCUT2D eigenvalue weighted by molar-refractivity contribution is 7.91. The van der Waals surface area contributed by atoms with Gasteiger partial charge < -0.3 is 19.5 Å². The van der Waals surface area contributed by atoms with Crippen LogP contribution in [0.3, 0.4) is 0 Å². The molecule has 3 heterocycles. The van der Waals surface area contributed by atoms with Crippen LogP contribution in [-0.2, 0) is 16.9 Å². The summed E-state index contributed by atoms with van der Waals surface area (Å²) in [6.45, 7) is 0.220. The van der Waals surface area contributed by atoms with E-state index in [9.17, 15) is 26.4 Å². The predicted molar refractivity (Wildman–Crippen MR) is 112 cm³/mol. The number of nitrogens with zero attached hydrogens (tertiary/aromatic N) is 3. The second-order valence-electron chi connectivity index (χ2n) is 7.35. The third-order valence-corrected chi connectivity index (χ3v) is 6.71. The molecule has 32 heavy (non-hydrogen) atoms. The number of fused-ring (bicyclic) bond motifs is 1. The number of nitrogens with one attached hydrogen (secondary N) is 1. The molecular weight excluding hydrogens is 449 g/mol. The molecule has 1 fully saturated rings. The lowest BCUT2D eigenvalue weighted by Gasteiger charge is -2.27. The molecule has 0 unspecified atom stereocenters. The fraction of sp³-hybridized carbons (Fsp3) is 0.300. The number of halogens is 3.